The Kier molecular flexibility index (Phi) is 5.31. The summed E-state index contributed by atoms with van der Waals surface area (Å²) in [6, 6.07) is 19.0. The number of ether oxygens (including phenoxy) is 1. The van der Waals surface area contributed by atoms with Gasteiger partial charge in [0.05, 0.1) is 11.5 Å². The lowest BCUT2D eigenvalue weighted by atomic mass is 9.87. The molecule has 0 aromatic heterocycles. The average Bonchev–Trinajstić information content (AvgIpc) is 3.14. The minimum absolute atomic E-state index is 0.00509. The Morgan fingerprint density at radius 3 is 2.09 bits per heavy atom. The maximum atomic E-state index is 13.6. The number of alkyl halides is 3. The highest BCUT2D eigenvalue weighted by molar-refractivity contribution is 5.81. The molecule has 174 valence electrons. The van der Waals surface area contributed by atoms with Crippen molar-refractivity contribution in [2.45, 2.75) is 24.6 Å². The van der Waals surface area contributed by atoms with Gasteiger partial charge in [-0.25, -0.2) is 4.79 Å². The third-order valence-electron chi connectivity index (χ3n) is 6.54. The standard InChI is InChI=1S/C26H20F3NO4/c27-26(28,29)23-11-5-10-19-20(23)12-30(13-21(19)24(31)32)25(33)34-14-22-17-8-3-1-6-15(17)16-7-2-4-9-18(16)22/h1-11,21-22H,12-14H2,(H,31,32). The summed E-state index contributed by atoms with van der Waals surface area (Å²) in [6.07, 6.45) is -5.51. The predicted octanol–water partition coefficient (Wildman–Crippen LogP) is 5.64. The van der Waals surface area contributed by atoms with Crippen LogP contribution in [-0.4, -0.2) is 35.2 Å². The molecule has 3 aromatic carbocycles. The van der Waals surface area contributed by atoms with E-state index in [2.05, 4.69) is 0 Å². The molecule has 8 heteroatoms. The second kappa shape index (κ2) is 8.20. The molecule has 0 fully saturated rings. The van der Waals surface area contributed by atoms with Crippen molar-refractivity contribution in [1.29, 1.82) is 0 Å². The third-order valence-corrected chi connectivity index (χ3v) is 6.54. The van der Waals surface area contributed by atoms with Crippen molar-refractivity contribution in [1.82, 2.24) is 4.90 Å². The van der Waals surface area contributed by atoms with E-state index in [1.807, 2.05) is 48.5 Å². The number of carboxylic acid groups (broad SMARTS) is 1. The molecule has 5 rings (SSSR count). The van der Waals surface area contributed by atoms with Crippen LogP contribution in [0.5, 0.6) is 0 Å². The molecule has 1 aliphatic heterocycles. The molecule has 1 aliphatic carbocycles. The van der Waals surface area contributed by atoms with Crippen molar-refractivity contribution in [3.63, 3.8) is 0 Å². The van der Waals surface area contributed by atoms with Crippen LogP contribution < -0.4 is 0 Å². The first-order chi connectivity index (χ1) is 16.3. The summed E-state index contributed by atoms with van der Waals surface area (Å²) < 4.78 is 46.3. The molecule has 1 amide bonds. The van der Waals surface area contributed by atoms with Gasteiger partial charge in [-0.1, -0.05) is 60.7 Å². The fourth-order valence-electron chi connectivity index (χ4n) is 4.98. The SMILES string of the molecule is O=C(O)C1CN(C(=O)OCC2c3ccccc3-c3ccccc32)Cc2c1cccc2C(F)(F)F. The molecule has 0 spiro atoms. The monoisotopic (exact) mass is 467 g/mol. The van der Waals surface area contributed by atoms with Crippen molar-refractivity contribution in [3.05, 3.63) is 94.5 Å². The molecule has 1 atom stereocenters. The lowest BCUT2D eigenvalue weighted by Gasteiger charge is -2.34. The molecule has 0 radical (unpaired) electrons. The highest BCUT2D eigenvalue weighted by Crippen LogP contribution is 2.45. The van der Waals surface area contributed by atoms with Gasteiger partial charge in [-0.3, -0.25) is 4.79 Å². The van der Waals surface area contributed by atoms with Crippen LogP contribution in [0.3, 0.4) is 0 Å². The topological polar surface area (TPSA) is 66.8 Å². The van der Waals surface area contributed by atoms with Gasteiger partial charge >= 0.3 is 18.2 Å². The number of carbonyl (C=O) groups excluding carboxylic acids is 1. The first kappa shape index (κ1) is 22.0. The number of benzene rings is 3. The van der Waals surface area contributed by atoms with E-state index in [1.54, 1.807) is 0 Å². The van der Waals surface area contributed by atoms with Gasteiger partial charge < -0.3 is 14.7 Å². The molecule has 0 bridgehead atoms. The minimum atomic E-state index is -4.67. The second-order valence-electron chi connectivity index (χ2n) is 8.45. The van der Waals surface area contributed by atoms with Crippen LogP contribution in [-0.2, 0) is 22.3 Å². The van der Waals surface area contributed by atoms with Crippen LogP contribution in [0.15, 0.2) is 66.7 Å². The maximum absolute atomic E-state index is 13.6. The number of fused-ring (bicyclic) bond motifs is 4. The van der Waals surface area contributed by atoms with Gasteiger partial charge in [0.1, 0.15) is 6.61 Å². The van der Waals surface area contributed by atoms with Crippen LogP contribution in [0, 0.1) is 0 Å². The van der Waals surface area contributed by atoms with Gasteiger partial charge in [0.2, 0.25) is 0 Å². The van der Waals surface area contributed by atoms with E-state index in [0.29, 0.717) is 0 Å². The lowest BCUT2D eigenvalue weighted by Crippen LogP contribution is -2.42. The highest BCUT2D eigenvalue weighted by Gasteiger charge is 2.41. The first-order valence-corrected chi connectivity index (χ1v) is 10.8. The molecule has 5 nitrogen and oxygen atoms in total. The summed E-state index contributed by atoms with van der Waals surface area (Å²) in [5.41, 5.74) is 3.03. The number of rotatable bonds is 3. The minimum Gasteiger partial charge on any atom is -0.481 e. The van der Waals surface area contributed by atoms with Gasteiger partial charge in [-0.15, -0.1) is 0 Å². The summed E-state index contributed by atoms with van der Waals surface area (Å²) in [7, 11) is 0. The van der Waals surface area contributed by atoms with Crippen molar-refractivity contribution < 1.29 is 32.6 Å². The van der Waals surface area contributed by atoms with Crippen molar-refractivity contribution in [2.75, 3.05) is 13.2 Å². The smallest absolute Gasteiger partial charge is 0.416 e. The van der Waals surface area contributed by atoms with Crippen molar-refractivity contribution in [3.8, 4) is 11.1 Å². The van der Waals surface area contributed by atoms with E-state index in [0.717, 1.165) is 33.2 Å². The summed E-state index contributed by atoms with van der Waals surface area (Å²) in [6.45, 7) is -0.638. The van der Waals surface area contributed by atoms with Crippen LogP contribution in [0.1, 0.15) is 39.7 Å². The Morgan fingerprint density at radius 2 is 1.50 bits per heavy atom. The Labute approximate surface area is 193 Å². The number of carbonyl (C=O) groups is 2. The van der Waals surface area contributed by atoms with E-state index < -0.39 is 29.7 Å². The molecule has 34 heavy (non-hydrogen) atoms. The van der Waals surface area contributed by atoms with E-state index in [9.17, 15) is 27.9 Å². The van der Waals surface area contributed by atoms with E-state index in [4.69, 9.17) is 4.74 Å². The molecule has 2 aliphatic rings. The number of hydrogen-bond acceptors (Lipinski definition) is 3. The molecule has 1 heterocycles. The number of nitrogens with zero attached hydrogens (tertiary/aromatic N) is 1. The second-order valence-corrected chi connectivity index (χ2v) is 8.45. The van der Waals surface area contributed by atoms with Gasteiger partial charge in [-0.05, 0) is 39.4 Å². The van der Waals surface area contributed by atoms with Crippen molar-refractivity contribution >= 4 is 12.1 Å². The molecule has 1 N–H and O–H groups in total. The maximum Gasteiger partial charge on any atom is 0.416 e. The largest absolute Gasteiger partial charge is 0.481 e. The van der Waals surface area contributed by atoms with E-state index >= 15 is 0 Å². The zero-order valence-corrected chi connectivity index (χ0v) is 17.9. The van der Waals surface area contributed by atoms with Crippen molar-refractivity contribution in [2.24, 2.45) is 0 Å². The molecular weight excluding hydrogens is 447 g/mol. The predicted molar refractivity (Wildman–Crippen MR) is 117 cm³/mol. The number of carboxylic acids is 1. The fraction of sp³-hybridized carbons (Fsp3) is 0.231. The Bertz CT molecular complexity index is 1240. The lowest BCUT2D eigenvalue weighted by molar-refractivity contribution is -0.141. The van der Waals surface area contributed by atoms with Gasteiger partial charge in [0.15, 0.2) is 0 Å². The summed E-state index contributed by atoms with van der Waals surface area (Å²) in [4.78, 5) is 25.8. The average molecular weight is 467 g/mol. The van der Waals surface area contributed by atoms with Gasteiger partial charge in [0, 0.05) is 19.0 Å². The van der Waals surface area contributed by atoms with E-state index in [-0.39, 0.29) is 36.7 Å². The fourth-order valence-corrected chi connectivity index (χ4v) is 4.98. The Morgan fingerprint density at radius 1 is 0.912 bits per heavy atom. The van der Waals surface area contributed by atoms with Crippen LogP contribution in [0.4, 0.5) is 18.0 Å². The summed E-state index contributed by atoms with van der Waals surface area (Å²) in [5, 5.41) is 9.64. The molecule has 3 aromatic rings. The first-order valence-electron chi connectivity index (χ1n) is 10.8. The Hall–Kier alpha value is -3.81. The number of amides is 1. The highest BCUT2D eigenvalue weighted by atomic mass is 19.4. The summed E-state index contributed by atoms with van der Waals surface area (Å²) >= 11 is 0. The third kappa shape index (κ3) is 3.69. The zero-order chi connectivity index (χ0) is 24.0. The number of halogens is 3. The number of hydrogen-bond donors (Lipinski definition) is 1. The summed E-state index contributed by atoms with van der Waals surface area (Å²) in [5.74, 6) is -2.78. The van der Waals surface area contributed by atoms with Crippen LogP contribution in [0.2, 0.25) is 0 Å². The number of aliphatic carboxylic acids is 1. The molecular formula is C26H20F3NO4. The quantitative estimate of drug-likeness (QED) is 0.542. The molecule has 0 saturated heterocycles. The van der Waals surface area contributed by atoms with Crippen LogP contribution in [0.25, 0.3) is 11.1 Å². The zero-order valence-electron chi connectivity index (χ0n) is 17.9. The normalized spacial score (nSPS) is 17.0. The molecule has 0 saturated carbocycles. The van der Waals surface area contributed by atoms with Gasteiger partial charge in [0.25, 0.3) is 0 Å². The Balaban J connectivity index is 1.40. The van der Waals surface area contributed by atoms with E-state index in [1.165, 1.54) is 12.1 Å². The van der Waals surface area contributed by atoms with Gasteiger partial charge in [-0.2, -0.15) is 13.2 Å². The van der Waals surface area contributed by atoms with Crippen LogP contribution >= 0.6 is 0 Å². The molecule has 1 unspecified atom stereocenters.